The molecular formula is C22H25BrCl2N2O3. The van der Waals surface area contributed by atoms with Crippen molar-refractivity contribution in [1.29, 1.82) is 0 Å². The Balaban J connectivity index is 2.20. The van der Waals surface area contributed by atoms with E-state index in [1.54, 1.807) is 35.2 Å². The number of benzene rings is 2. The second-order valence-corrected chi connectivity index (χ2v) is 8.49. The standard InChI is InChI=1S/C22H25BrCl2N2O3/c1-3-11-26-22(29)19(4-2)27(13-15-5-8-17(24)9-6-15)21(28)14-30-20-10-7-16(23)12-18(20)25/h5-10,12,19H,3-4,11,13-14H2,1-2H3,(H,26,29)/t19-/m1/s1. The van der Waals surface area contributed by atoms with Crippen molar-refractivity contribution in [1.82, 2.24) is 10.2 Å². The van der Waals surface area contributed by atoms with E-state index in [0.29, 0.717) is 28.8 Å². The average Bonchev–Trinajstić information content (AvgIpc) is 2.72. The van der Waals surface area contributed by atoms with Gasteiger partial charge in [0.15, 0.2) is 6.61 Å². The van der Waals surface area contributed by atoms with Crippen LogP contribution < -0.4 is 10.1 Å². The Hall–Kier alpha value is -1.76. The van der Waals surface area contributed by atoms with Crippen LogP contribution in [0.25, 0.3) is 0 Å². The quantitative estimate of drug-likeness (QED) is 0.456. The Morgan fingerprint density at radius 1 is 1.13 bits per heavy atom. The van der Waals surface area contributed by atoms with Crippen LogP contribution in [0.15, 0.2) is 46.9 Å². The summed E-state index contributed by atoms with van der Waals surface area (Å²) in [7, 11) is 0. The molecule has 0 saturated heterocycles. The molecule has 2 amide bonds. The molecule has 0 radical (unpaired) electrons. The van der Waals surface area contributed by atoms with Crippen LogP contribution in [0.2, 0.25) is 10.0 Å². The highest BCUT2D eigenvalue weighted by atomic mass is 79.9. The minimum atomic E-state index is -0.608. The van der Waals surface area contributed by atoms with Crippen LogP contribution in [0.5, 0.6) is 5.75 Å². The van der Waals surface area contributed by atoms with Crippen LogP contribution in [0.1, 0.15) is 32.3 Å². The van der Waals surface area contributed by atoms with Crippen LogP contribution in [-0.4, -0.2) is 35.9 Å². The highest BCUT2D eigenvalue weighted by molar-refractivity contribution is 9.10. The second kappa shape index (κ2) is 12.2. The third-order valence-corrected chi connectivity index (χ3v) is 5.49. The number of ether oxygens (including phenoxy) is 1. The maximum absolute atomic E-state index is 13.1. The lowest BCUT2D eigenvalue weighted by atomic mass is 10.1. The van der Waals surface area contributed by atoms with Crippen molar-refractivity contribution in [3.05, 3.63) is 62.5 Å². The summed E-state index contributed by atoms with van der Waals surface area (Å²) in [4.78, 5) is 27.3. The van der Waals surface area contributed by atoms with Gasteiger partial charge >= 0.3 is 0 Å². The summed E-state index contributed by atoms with van der Waals surface area (Å²) < 4.78 is 6.46. The highest BCUT2D eigenvalue weighted by Gasteiger charge is 2.28. The van der Waals surface area contributed by atoms with Crippen molar-refractivity contribution >= 4 is 50.9 Å². The number of rotatable bonds is 10. The normalized spacial score (nSPS) is 11.6. The van der Waals surface area contributed by atoms with Gasteiger partial charge in [-0.05, 0) is 48.7 Å². The van der Waals surface area contributed by atoms with E-state index in [4.69, 9.17) is 27.9 Å². The second-order valence-electron chi connectivity index (χ2n) is 6.73. The van der Waals surface area contributed by atoms with E-state index in [2.05, 4.69) is 21.2 Å². The Morgan fingerprint density at radius 2 is 1.83 bits per heavy atom. The molecule has 0 unspecified atom stereocenters. The molecule has 0 bridgehead atoms. The number of halogens is 3. The van der Waals surface area contributed by atoms with Gasteiger partial charge in [-0.2, -0.15) is 0 Å². The van der Waals surface area contributed by atoms with Gasteiger partial charge in [0, 0.05) is 22.6 Å². The molecule has 1 atom stereocenters. The molecule has 0 aliphatic carbocycles. The zero-order valence-electron chi connectivity index (χ0n) is 17.0. The van der Waals surface area contributed by atoms with Crippen molar-refractivity contribution in [3.8, 4) is 5.75 Å². The summed E-state index contributed by atoms with van der Waals surface area (Å²) in [5.74, 6) is -0.0751. The van der Waals surface area contributed by atoms with Gasteiger partial charge in [-0.3, -0.25) is 9.59 Å². The number of hydrogen-bond acceptors (Lipinski definition) is 3. The van der Waals surface area contributed by atoms with Gasteiger partial charge in [-0.1, -0.05) is 65.1 Å². The summed E-state index contributed by atoms with van der Waals surface area (Å²) in [6, 6.07) is 11.8. The zero-order chi connectivity index (χ0) is 22.1. The first-order valence-electron chi connectivity index (χ1n) is 9.75. The van der Waals surface area contributed by atoms with Gasteiger partial charge in [-0.15, -0.1) is 0 Å². The predicted octanol–water partition coefficient (Wildman–Crippen LogP) is 5.47. The number of carbonyl (C=O) groups excluding carboxylic acids is 2. The molecule has 0 spiro atoms. The molecule has 2 rings (SSSR count). The van der Waals surface area contributed by atoms with Crippen molar-refractivity contribution in [2.45, 2.75) is 39.3 Å². The van der Waals surface area contributed by atoms with Gasteiger partial charge < -0.3 is 15.0 Å². The maximum atomic E-state index is 13.1. The lowest BCUT2D eigenvalue weighted by molar-refractivity contribution is -0.143. The Bertz CT molecular complexity index is 862. The molecule has 0 saturated carbocycles. The van der Waals surface area contributed by atoms with E-state index < -0.39 is 6.04 Å². The number of hydrogen-bond donors (Lipinski definition) is 1. The summed E-state index contributed by atoms with van der Waals surface area (Å²) in [5.41, 5.74) is 0.871. The summed E-state index contributed by atoms with van der Waals surface area (Å²) in [6.45, 7) is 4.46. The van der Waals surface area contributed by atoms with Crippen molar-refractivity contribution in [2.24, 2.45) is 0 Å². The first-order chi connectivity index (χ1) is 14.3. The topological polar surface area (TPSA) is 58.6 Å². The van der Waals surface area contributed by atoms with Crippen LogP contribution in [0, 0.1) is 0 Å². The third-order valence-electron chi connectivity index (χ3n) is 4.45. The fourth-order valence-electron chi connectivity index (χ4n) is 2.89. The van der Waals surface area contributed by atoms with E-state index in [0.717, 1.165) is 16.5 Å². The van der Waals surface area contributed by atoms with E-state index in [1.807, 2.05) is 26.0 Å². The molecule has 162 valence electrons. The van der Waals surface area contributed by atoms with Crippen LogP contribution in [0.4, 0.5) is 0 Å². The van der Waals surface area contributed by atoms with Crippen molar-refractivity contribution < 1.29 is 14.3 Å². The summed E-state index contributed by atoms with van der Waals surface area (Å²) >= 11 is 15.5. The van der Waals surface area contributed by atoms with Gasteiger partial charge in [-0.25, -0.2) is 0 Å². The first-order valence-corrected chi connectivity index (χ1v) is 11.3. The molecule has 0 heterocycles. The van der Waals surface area contributed by atoms with E-state index in [9.17, 15) is 9.59 Å². The molecule has 8 heteroatoms. The van der Waals surface area contributed by atoms with Gasteiger partial charge in [0.2, 0.25) is 5.91 Å². The molecule has 2 aromatic carbocycles. The minimum Gasteiger partial charge on any atom is -0.482 e. The van der Waals surface area contributed by atoms with E-state index >= 15 is 0 Å². The molecule has 1 N–H and O–H groups in total. The van der Waals surface area contributed by atoms with E-state index in [-0.39, 0.29) is 25.0 Å². The molecule has 0 aliphatic rings. The maximum Gasteiger partial charge on any atom is 0.261 e. The van der Waals surface area contributed by atoms with Crippen LogP contribution >= 0.6 is 39.1 Å². The molecule has 5 nitrogen and oxygen atoms in total. The molecule has 2 aromatic rings. The Morgan fingerprint density at radius 3 is 2.43 bits per heavy atom. The SMILES string of the molecule is CCCNC(=O)[C@@H](CC)N(Cc1ccc(Cl)cc1)C(=O)COc1ccc(Br)cc1Cl. The van der Waals surface area contributed by atoms with Gasteiger partial charge in [0.25, 0.3) is 5.91 Å². The Kier molecular flexibility index (Phi) is 9.95. The first kappa shape index (κ1) is 24.5. The molecule has 0 fully saturated rings. The van der Waals surface area contributed by atoms with Crippen molar-refractivity contribution in [2.75, 3.05) is 13.2 Å². The van der Waals surface area contributed by atoms with Crippen LogP contribution in [-0.2, 0) is 16.1 Å². The fourth-order valence-corrected chi connectivity index (χ4v) is 3.74. The lowest BCUT2D eigenvalue weighted by Crippen LogP contribution is -2.50. The van der Waals surface area contributed by atoms with Crippen LogP contribution in [0.3, 0.4) is 0 Å². The molecule has 0 aliphatic heterocycles. The zero-order valence-corrected chi connectivity index (χ0v) is 20.1. The molecule has 30 heavy (non-hydrogen) atoms. The fraction of sp³-hybridized carbons (Fsp3) is 0.364. The monoisotopic (exact) mass is 514 g/mol. The number of amides is 2. The Labute approximate surface area is 195 Å². The molecular weight excluding hydrogens is 491 g/mol. The largest absolute Gasteiger partial charge is 0.482 e. The smallest absolute Gasteiger partial charge is 0.261 e. The van der Waals surface area contributed by atoms with Gasteiger partial charge in [0.1, 0.15) is 11.8 Å². The summed E-state index contributed by atoms with van der Waals surface area (Å²) in [6.07, 6.45) is 1.30. The van der Waals surface area contributed by atoms with Gasteiger partial charge in [0.05, 0.1) is 5.02 Å². The number of nitrogens with one attached hydrogen (secondary N) is 1. The summed E-state index contributed by atoms with van der Waals surface area (Å²) in [5, 5.41) is 3.89. The average molecular weight is 516 g/mol. The predicted molar refractivity (Wildman–Crippen MR) is 124 cm³/mol. The minimum absolute atomic E-state index is 0.177. The van der Waals surface area contributed by atoms with E-state index in [1.165, 1.54) is 0 Å². The highest BCUT2D eigenvalue weighted by Crippen LogP contribution is 2.28. The third kappa shape index (κ3) is 7.18. The number of carbonyl (C=O) groups is 2. The number of nitrogens with zero attached hydrogens (tertiary/aromatic N) is 1. The van der Waals surface area contributed by atoms with Crippen molar-refractivity contribution in [3.63, 3.8) is 0 Å². The molecule has 0 aromatic heterocycles. The lowest BCUT2D eigenvalue weighted by Gasteiger charge is -2.30.